The number of halogens is 2. The van der Waals surface area contributed by atoms with Crippen molar-refractivity contribution in [3.05, 3.63) is 80.0 Å². The number of hydrogen-bond donors (Lipinski definition) is 0. The van der Waals surface area contributed by atoms with E-state index in [-0.39, 0.29) is 5.56 Å². The van der Waals surface area contributed by atoms with Gasteiger partial charge >= 0.3 is 0 Å². The third kappa shape index (κ3) is 3.15. The van der Waals surface area contributed by atoms with Gasteiger partial charge in [0, 0.05) is 14.5 Å². The summed E-state index contributed by atoms with van der Waals surface area (Å²) in [6, 6.07) is 19.1. The molecule has 5 rings (SSSR count). The van der Waals surface area contributed by atoms with Crippen LogP contribution in [0.2, 0.25) is 0 Å². The van der Waals surface area contributed by atoms with E-state index in [0.29, 0.717) is 27.6 Å². The summed E-state index contributed by atoms with van der Waals surface area (Å²) in [4.78, 5) is 23.3. The van der Waals surface area contributed by atoms with E-state index in [9.17, 15) is 4.79 Å². The molecule has 30 heavy (non-hydrogen) atoms. The lowest BCUT2D eigenvalue weighted by Crippen LogP contribution is -2.22. The number of aromatic nitrogens is 3. The van der Waals surface area contributed by atoms with Gasteiger partial charge < -0.3 is 4.74 Å². The first kappa shape index (κ1) is 19.4. The quantitative estimate of drug-likeness (QED) is 0.272. The minimum atomic E-state index is -0.182. The molecule has 2 heterocycles. The Labute approximate surface area is 192 Å². The van der Waals surface area contributed by atoms with Crippen molar-refractivity contribution < 1.29 is 4.74 Å². The molecule has 3 aromatic carbocycles. The van der Waals surface area contributed by atoms with Crippen molar-refractivity contribution in [2.75, 3.05) is 7.11 Å². The van der Waals surface area contributed by atoms with E-state index in [1.807, 2.05) is 54.6 Å². The first-order valence-electron chi connectivity index (χ1n) is 8.98. The molecular weight excluding hydrogens is 530 g/mol. The van der Waals surface area contributed by atoms with Crippen molar-refractivity contribution in [2.45, 2.75) is 0 Å². The van der Waals surface area contributed by atoms with E-state index >= 15 is 0 Å². The smallest absolute Gasteiger partial charge is 0.268 e. The van der Waals surface area contributed by atoms with Crippen molar-refractivity contribution in [1.29, 1.82) is 0 Å². The van der Waals surface area contributed by atoms with E-state index in [4.69, 9.17) is 14.7 Å². The van der Waals surface area contributed by atoms with Gasteiger partial charge in [0.05, 0.1) is 22.7 Å². The largest absolute Gasteiger partial charge is 0.494 e. The highest BCUT2D eigenvalue weighted by atomic mass is 79.9. The number of fused-ring (bicyclic) bond motifs is 2. The predicted octanol–water partition coefficient (Wildman–Crippen LogP) is 6.20. The lowest BCUT2D eigenvalue weighted by atomic mass is 10.2. The lowest BCUT2D eigenvalue weighted by Gasteiger charge is -2.12. The van der Waals surface area contributed by atoms with E-state index in [1.165, 1.54) is 11.3 Å². The zero-order valence-corrected chi connectivity index (χ0v) is 19.6. The van der Waals surface area contributed by atoms with E-state index in [0.717, 1.165) is 24.7 Å². The number of nitrogens with zero attached hydrogens (tertiary/aromatic N) is 3. The fourth-order valence-corrected chi connectivity index (χ4v) is 5.64. The minimum absolute atomic E-state index is 0.182. The van der Waals surface area contributed by atoms with Crippen LogP contribution in [0.5, 0.6) is 5.75 Å². The third-order valence-corrected chi connectivity index (χ3v) is 6.77. The Kier molecular flexibility index (Phi) is 4.92. The molecule has 0 unspecified atom stereocenters. The van der Waals surface area contributed by atoms with Gasteiger partial charge in [-0.15, -0.1) is 0 Å². The second-order valence-corrected chi connectivity index (χ2v) is 9.31. The van der Waals surface area contributed by atoms with E-state index in [1.54, 1.807) is 17.7 Å². The molecule has 0 bridgehead atoms. The molecule has 0 fully saturated rings. The molecule has 0 atom stereocenters. The maximum atomic E-state index is 13.7. The van der Waals surface area contributed by atoms with Crippen LogP contribution >= 0.6 is 43.2 Å². The molecule has 8 heteroatoms. The van der Waals surface area contributed by atoms with Gasteiger partial charge in [0.1, 0.15) is 17.1 Å². The van der Waals surface area contributed by atoms with Crippen LogP contribution in [0.15, 0.2) is 74.4 Å². The highest BCUT2D eigenvalue weighted by Crippen LogP contribution is 2.34. The van der Waals surface area contributed by atoms with Crippen molar-refractivity contribution in [1.82, 2.24) is 14.5 Å². The zero-order chi connectivity index (χ0) is 20.8. The first-order valence-corrected chi connectivity index (χ1v) is 11.4. The van der Waals surface area contributed by atoms with Gasteiger partial charge in [-0.2, -0.15) is 0 Å². The predicted molar refractivity (Wildman–Crippen MR) is 128 cm³/mol. The lowest BCUT2D eigenvalue weighted by molar-refractivity contribution is 0.419. The molecule has 0 saturated carbocycles. The van der Waals surface area contributed by atoms with Crippen LogP contribution in [0.3, 0.4) is 0 Å². The van der Waals surface area contributed by atoms with Crippen LogP contribution in [0, 0.1) is 0 Å². The van der Waals surface area contributed by atoms with Crippen LogP contribution in [0.25, 0.3) is 37.6 Å². The Morgan fingerprint density at radius 2 is 1.77 bits per heavy atom. The van der Waals surface area contributed by atoms with Crippen LogP contribution in [-0.2, 0) is 0 Å². The molecule has 0 aliphatic heterocycles. The molecule has 0 spiro atoms. The van der Waals surface area contributed by atoms with Crippen LogP contribution < -0.4 is 10.3 Å². The number of methoxy groups -OCH3 is 1. The fraction of sp³-hybridized carbons (Fsp3) is 0.0455. The molecule has 0 amide bonds. The summed E-state index contributed by atoms with van der Waals surface area (Å²) in [6.07, 6.45) is 0. The van der Waals surface area contributed by atoms with E-state index in [2.05, 4.69) is 31.9 Å². The summed E-state index contributed by atoms with van der Waals surface area (Å²) in [5, 5.41) is 1.05. The molecule has 0 radical (unpaired) electrons. The molecule has 5 aromatic rings. The Bertz CT molecular complexity index is 1480. The maximum absolute atomic E-state index is 13.7. The number of para-hydroxylation sites is 1. The molecule has 148 valence electrons. The van der Waals surface area contributed by atoms with Gasteiger partial charge in [-0.3, -0.25) is 4.79 Å². The van der Waals surface area contributed by atoms with E-state index < -0.39 is 0 Å². The van der Waals surface area contributed by atoms with Gasteiger partial charge in [-0.25, -0.2) is 14.5 Å². The summed E-state index contributed by atoms with van der Waals surface area (Å²) < 4.78 is 9.52. The van der Waals surface area contributed by atoms with Crippen LogP contribution in [-0.4, -0.2) is 21.6 Å². The first-order chi connectivity index (χ1) is 14.6. The molecule has 2 aromatic heterocycles. The number of ether oxygens (including phenoxy) is 1. The van der Waals surface area contributed by atoms with Gasteiger partial charge in [0.15, 0.2) is 5.13 Å². The Morgan fingerprint density at radius 3 is 2.53 bits per heavy atom. The Balaban J connectivity index is 1.91. The average molecular weight is 543 g/mol. The number of benzene rings is 3. The number of rotatable bonds is 3. The van der Waals surface area contributed by atoms with Crippen LogP contribution in [0.4, 0.5) is 0 Å². The van der Waals surface area contributed by atoms with Crippen molar-refractivity contribution in [3.8, 4) is 22.3 Å². The van der Waals surface area contributed by atoms with Gasteiger partial charge in [-0.1, -0.05) is 63.7 Å². The van der Waals surface area contributed by atoms with Gasteiger partial charge in [-0.05, 0) is 40.2 Å². The molecule has 0 saturated heterocycles. The molecule has 5 nitrogen and oxygen atoms in total. The summed E-state index contributed by atoms with van der Waals surface area (Å²) >= 11 is 8.45. The molecular formula is C22H13Br2N3O2S. The summed E-state index contributed by atoms with van der Waals surface area (Å²) in [5.41, 5.74) is 1.98. The number of thiazole rings is 1. The highest BCUT2D eigenvalue weighted by molar-refractivity contribution is 9.11. The summed E-state index contributed by atoms with van der Waals surface area (Å²) in [6.45, 7) is 0. The van der Waals surface area contributed by atoms with Gasteiger partial charge in [0.25, 0.3) is 5.56 Å². The standard InChI is InChI=1S/C22H13Br2N3O2S/c1-29-16-8-5-9-17-19(16)26-22(30-17)27-20(12-6-3-2-4-7-12)25-18-14(21(27)28)10-13(23)11-15(18)24/h2-11H,1H3. The fourth-order valence-electron chi connectivity index (χ4n) is 3.35. The normalized spacial score (nSPS) is 11.3. The maximum Gasteiger partial charge on any atom is 0.268 e. The summed E-state index contributed by atoms with van der Waals surface area (Å²) in [5.74, 6) is 1.21. The Morgan fingerprint density at radius 1 is 0.967 bits per heavy atom. The Hall–Kier alpha value is -2.55. The second kappa shape index (κ2) is 7.61. The van der Waals surface area contributed by atoms with Crippen molar-refractivity contribution in [3.63, 3.8) is 0 Å². The topological polar surface area (TPSA) is 57.0 Å². The molecule has 0 aliphatic carbocycles. The van der Waals surface area contributed by atoms with Gasteiger partial charge in [0.2, 0.25) is 0 Å². The zero-order valence-electron chi connectivity index (χ0n) is 15.6. The molecule has 0 N–H and O–H groups in total. The SMILES string of the molecule is COc1cccc2sc(-n3c(-c4ccccc4)nc4c(Br)cc(Br)cc4c3=O)nc12. The number of hydrogen-bond acceptors (Lipinski definition) is 5. The summed E-state index contributed by atoms with van der Waals surface area (Å²) in [7, 11) is 1.61. The van der Waals surface area contributed by atoms with Crippen molar-refractivity contribution >= 4 is 64.3 Å². The third-order valence-electron chi connectivity index (χ3n) is 4.71. The van der Waals surface area contributed by atoms with Crippen molar-refractivity contribution in [2.24, 2.45) is 0 Å². The second-order valence-electron chi connectivity index (χ2n) is 6.53. The average Bonchev–Trinajstić information content (AvgIpc) is 3.18. The minimum Gasteiger partial charge on any atom is -0.494 e. The molecule has 0 aliphatic rings. The van der Waals surface area contributed by atoms with Crippen LogP contribution in [0.1, 0.15) is 0 Å². The highest BCUT2D eigenvalue weighted by Gasteiger charge is 2.20. The monoisotopic (exact) mass is 541 g/mol.